The van der Waals surface area contributed by atoms with Gasteiger partial charge < -0.3 is 5.32 Å². The molecule has 1 aliphatic heterocycles. The van der Waals surface area contributed by atoms with Crippen molar-refractivity contribution in [3.05, 3.63) is 83.6 Å². The Morgan fingerprint density at radius 2 is 1.62 bits per heavy atom. The van der Waals surface area contributed by atoms with Crippen molar-refractivity contribution in [1.82, 2.24) is 4.98 Å². The number of nitrogens with one attached hydrogen (secondary N) is 1. The van der Waals surface area contributed by atoms with Gasteiger partial charge in [0.2, 0.25) is 5.91 Å². The summed E-state index contributed by atoms with van der Waals surface area (Å²) in [6.45, 7) is 2.00. The molecule has 0 saturated carbocycles. The number of benzene rings is 2. The SMILES string of the molecule is CSc1cc(C)nc(SC)c1NC(=O)C1SC(c2ccccc2)CCC1c1ccccc1. The fourth-order valence-corrected chi connectivity index (χ4v) is 7.17. The summed E-state index contributed by atoms with van der Waals surface area (Å²) >= 11 is 5.02. The molecule has 1 saturated heterocycles. The zero-order valence-electron chi connectivity index (χ0n) is 18.6. The quantitative estimate of drug-likeness (QED) is 0.378. The average Bonchev–Trinajstić information content (AvgIpc) is 2.85. The lowest BCUT2D eigenvalue weighted by molar-refractivity contribution is -0.116. The first-order valence-electron chi connectivity index (χ1n) is 10.8. The second-order valence-electron chi connectivity index (χ2n) is 7.89. The largest absolute Gasteiger partial charge is 0.322 e. The molecule has 2 aromatic carbocycles. The maximum Gasteiger partial charge on any atom is 0.238 e. The summed E-state index contributed by atoms with van der Waals surface area (Å²) in [5.41, 5.74) is 4.35. The van der Waals surface area contributed by atoms with E-state index in [4.69, 9.17) is 0 Å². The molecule has 3 unspecified atom stereocenters. The molecule has 3 aromatic rings. The third kappa shape index (κ3) is 5.19. The van der Waals surface area contributed by atoms with Crippen LogP contribution >= 0.6 is 35.3 Å². The van der Waals surface area contributed by atoms with Crippen molar-refractivity contribution in [2.75, 3.05) is 17.8 Å². The second kappa shape index (κ2) is 10.8. The predicted molar refractivity (Wildman–Crippen MR) is 140 cm³/mol. The highest BCUT2D eigenvalue weighted by Crippen LogP contribution is 2.49. The molecule has 166 valence electrons. The Hall–Kier alpha value is -1.89. The van der Waals surface area contributed by atoms with Gasteiger partial charge in [0.05, 0.1) is 10.9 Å². The number of aromatic nitrogens is 1. The summed E-state index contributed by atoms with van der Waals surface area (Å²) in [4.78, 5) is 19.5. The average molecular weight is 481 g/mol. The molecule has 1 amide bonds. The molecule has 1 aliphatic rings. The number of carbonyl (C=O) groups is 1. The van der Waals surface area contributed by atoms with Crippen LogP contribution in [0.25, 0.3) is 0 Å². The van der Waals surface area contributed by atoms with Crippen LogP contribution in [0.2, 0.25) is 0 Å². The van der Waals surface area contributed by atoms with E-state index in [0.29, 0.717) is 5.25 Å². The first kappa shape index (κ1) is 23.3. The number of thioether (sulfide) groups is 3. The zero-order valence-corrected chi connectivity index (χ0v) is 21.0. The maximum absolute atomic E-state index is 13.8. The maximum atomic E-state index is 13.8. The van der Waals surface area contributed by atoms with Crippen LogP contribution in [-0.4, -0.2) is 28.7 Å². The highest BCUT2D eigenvalue weighted by atomic mass is 32.2. The standard InChI is InChI=1S/C26H28N2OS3/c1-17-16-22(30-2)23(26(27-17)31-3)28-25(29)24-20(18-10-6-4-7-11-18)14-15-21(32-24)19-12-8-5-9-13-19/h4-13,16,20-21,24H,14-15H2,1-3H3,(H,28,29). The number of rotatable bonds is 6. The third-order valence-corrected chi connectivity index (χ3v) is 8.93. The molecule has 32 heavy (non-hydrogen) atoms. The van der Waals surface area contributed by atoms with Crippen LogP contribution in [0.3, 0.4) is 0 Å². The molecule has 4 rings (SSSR count). The number of hydrogen-bond acceptors (Lipinski definition) is 5. The van der Waals surface area contributed by atoms with Gasteiger partial charge in [-0.25, -0.2) is 4.98 Å². The summed E-state index contributed by atoms with van der Waals surface area (Å²) in [6.07, 6.45) is 6.11. The number of anilines is 1. The first-order chi connectivity index (χ1) is 15.6. The van der Waals surface area contributed by atoms with Crippen LogP contribution in [0, 0.1) is 6.92 Å². The Morgan fingerprint density at radius 3 is 2.25 bits per heavy atom. The minimum Gasteiger partial charge on any atom is -0.322 e. The van der Waals surface area contributed by atoms with Gasteiger partial charge in [0.25, 0.3) is 0 Å². The second-order valence-corrected chi connectivity index (χ2v) is 10.9. The molecule has 0 bridgehead atoms. The summed E-state index contributed by atoms with van der Waals surface area (Å²) in [5.74, 6) is 0.260. The molecule has 2 heterocycles. The van der Waals surface area contributed by atoms with Crippen molar-refractivity contribution in [3.8, 4) is 0 Å². The Kier molecular flexibility index (Phi) is 7.87. The van der Waals surface area contributed by atoms with Gasteiger partial charge in [-0.05, 0) is 49.5 Å². The van der Waals surface area contributed by atoms with Crippen LogP contribution < -0.4 is 5.32 Å². The van der Waals surface area contributed by atoms with E-state index in [1.165, 1.54) is 11.1 Å². The topological polar surface area (TPSA) is 42.0 Å². The van der Waals surface area contributed by atoms with Crippen molar-refractivity contribution in [1.29, 1.82) is 0 Å². The number of hydrogen-bond donors (Lipinski definition) is 1. The van der Waals surface area contributed by atoms with Gasteiger partial charge in [0.1, 0.15) is 5.03 Å². The summed E-state index contributed by atoms with van der Waals surface area (Å²) in [6, 6.07) is 23.1. The highest BCUT2D eigenvalue weighted by Gasteiger charge is 2.37. The van der Waals surface area contributed by atoms with Gasteiger partial charge >= 0.3 is 0 Å². The van der Waals surface area contributed by atoms with E-state index in [2.05, 4.69) is 64.9 Å². The molecule has 0 spiro atoms. The fraction of sp³-hybridized carbons (Fsp3) is 0.308. The summed E-state index contributed by atoms with van der Waals surface area (Å²) in [5, 5.41) is 4.32. The van der Waals surface area contributed by atoms with Crippen molar-refractivity contribution >= 4 is 46.9 Å². The summed E-state index contributed by atoms with van der Waals surface area (Å²) in [7, 11) is 0. The van der Waals surface area contributed by atoms with Crippen LogP contribution in [-0.2, 0) is 4.79 Å². The number of nitrogens with zero attached hydrogens (tertiary/aromatic N) is 1. The van der Waals surface area contributed by atoms with Crippen LogP contribution in [0.1, 0.15) is 40.8 Å². The van der Waals surface area contributed by atoms with Gasteiger partial charge in [0, 0.05) is 21.8 Å². The number of amides is 1. The highest BCUT2D eigenvalue weighted by molar-refractivity contribution is 8.01. The predicted octanol–water partition coefficient (Wildman–Crippen LogP) is 7.19. The molecule has 3 atom stereocenters. The number of pyridine rings is 1. The Labute approximate surface area is 203 Å². The van der Waals surface area contributed by atoms with E-state index in [-0.39, 0.29) is 17.1 Å². The Bertz CT molecular complexity index is 1030. The van der Waals surface area contributed by atoms with E-state index in [1.807, 2.05) is 31.6 Å². The smallest absolute Gasteiger partial charge is 0.238 e. The monoisotopic (exact) mass is 480 g/mol. The molecule has 1 fully saturated rings. The van der Waals surface area contributed by atoms with Gasteiger partial charge in [-0.1, -0.05) is 60.7 Å². The van der Waals surface area contributed by atoms with E-state index >= 15 is 0 Å². The number of carbonyl (C=O) groups excluding carboxylic acids is 1. The third-order valence-electron chi connectivity index (χ3n) is 5.81. The van der Waals surface area contributed by atoms with Crippen molar-refractivity contribution in [3.63, 3.8) is 0 Å². The van der Waals surface area contributed by atoms with E-state index in [0.717, 1.165) is 34.1 Å². The zero-order chi connectivity index (χ0) is 22.5. The van der Waals surface area contributed by atoms with Gasteiger partial charge in [-0.3, -0.25) is 4.79 Å². The summed E-state index contributed by atoms with van der Waals surface area (Å²) < 4.78 is 0. The van der Waals surface area contributed by atoms with Crippen molar-refractivity contribution in [2.24, 2.45) is 0 Å². The molecule has 3 nitrogen and oxygen atoms in total. The molecule has 0 radical (unpaired) electrons. The first-order valence-corrected chi connectivity index (χ1v) is 14.2. The Morgan fingerprint density at radius 1 is 0.969 bits per heavy atom. The fourth-order valence-electron chi connectivity index (χ4n) is 4.26. The minimum atomic E-state index is -0.165. The lowest BCUT2D eigenvalue weighted by atomic mass is 9.88. The van der Waals surface area contributed by atoms with Crippen molar-refractivity contribution < 1.29 is 4.79 Å². The molecular weight excluding hydrogens is 453 g/mol. The Balaban J connectivity index is 1.66. The van der Waals surface area contributed by atoms with Gasteiger partial charge in [0.15, 0.2) is 0 Å². The molecule has 6 heteroatoms. The molecule has 0 aliphatic carbocycles. The molecular formula is C26H28N2OS3. The molecule has 1 N–H and O–H groups in total. The van der Waals surface area contributed by atoms with Crippen molar-refractivity contribution in [2.45, 2.75) is 46.1 Å². The van der Waals surface area contributed by atoms with Gasteiger partial charge in [-0.15, -0.1) is 35.3 Å². The lowest BCUT2D eigenvalue weighted by Gasteiger charge is -2.35. The lowest BCUT2D eigenvalue weighted by Crippen LogP contribution is -2.34. The minimum absolute atomic E-state index is 0.0701. The van der Waals surface area contributed by atoms with Crippen LogP contribution in [0.4, 0.5) is 5.69 Å². The number of aryl methyl sites for hydroxylation is 1. The van der Waals surface area contributed by atoms with Crippen LogP contribution in [0.5, 0.6) is 0 Å². The van der Waals surface area contributed by atoms with E-state index in [1.54, 1.807) is 35.3 Å². The van der Waals surface area contributed by atoms with E-state index in [9.17, 15) is 4.79 Å². The normalized spacial score (nSPS) is 20.7. The molecule has 1 aromatic heterocycles. The van der Waals surface area contributed by atoms with Gasteiger partial charge in [-0.2, -0.15) is 0 Å². The van der Waals surface area contributed by atoms with E-state index < -0.39 is 0 Å². The van der Waals surface area contributed by atoms with Crippen LogP contribution in [0.15, 0.2) is 76.7 Å².